The highest BCUT2D eigenvalue weighted by atomic mass is 16.5. The van der Waals surface area contributed by atoms with Gasteiger partial charge in [-0.15, -0.1) is 0 Å². The summed E-state index contributed by atoms with van der Waals surface area (Å²) in [6.07, 6.45) is 2.75. The van der Waals surface area contributed by atoms with Crippen molar-refractivity contribution in [3.63, 3.8) is 0 Å². The number of nitrogens with zero attached hydrogens (tertiary/aromatic N) is 1. The van der Waals surface area contributed by atoms with Gasteiger partial charge in [0.2, 0.25) is 0 Å². The quantitative estimate of drug-likeness (QED) is 0.855. The normalized spacial score (nSPS) is 14.7. The summed E-state index contributed by atoms with van der Waals surface area (Å²) >= 11 is 0. The molecule has 1 heterocycles. The first-order chi connectivity index (χ1) is 13.1. The van der Waals surface area contributed by atoms with Crippen LogP contribution >= 0.6 is 0 Å². The lowest BCUT2D eigenvalue weighted by Gasteiger charge is -2.25. The minimum Gasteiger partial charge on any atom is -0.497 e. The molecule has 5 nitrogen and oxygen atoms in total. The summed E-state index contributed by atoms with van der Waals surface area (Å²) in [5, 5.41) is 3.19. The Hall–Kier alpha value is -2.69. The Labute approximate surface area is 161 Å². The molecule has 0 bridgehead atoms. The monoisotopic (exact) mass is 368 g/mol. The Morgan fingerprint density at radius 1 is 1.07 bits per heavy atom. The van der Waals surface area contributed by atoms with Gasteiger partial charge in [-0.3, -0.25) is 0 Å². The maximum Gasteiger partial charge on any atom is 0.318 e. The molecule has 27 heavy (non-hydrogen) atoms. The molecule has 1 N–H and O–H groups in total. The van der Waals surface area contributed by atoms with Gasteiger partial charge in [0.25, 0.3) is 0 Å². The van der Waals surface area contributed by atoms with E-state index in [9.17, 15) is 4.79 Å². The number of hydrogen-bond donors (Lipinski definition) is 1. The van der Waals surface area contributed by atoms with Crippen LogP contribution in [0.5, 0.6) is 11.5 Å². The van der Waals surface area contributed by atoms with Crippen LogP contribution in [0.15, 0.2) is 42.5 Å². The summed E-state index contributed by atoms with van der Waals surface area (Å²) in [4.78, 5) is 14.8. The molecule has 2 aromatic carbocycles. The van der Waals surface area contributed by atoms with Crippen molar-refractivity contribution in [2.24, 2.45) is 0 Å². The average Bonchev–Trinajstić information content (AvgIpc) is 2.93. The van der Waals surface area contributed by atoms with Crippen LogP contribution in [0.3, 0.4) is 0 Å². The number of urea groups is 1. The summed E-state index contributed by atoms with van der Waals surface area (Å²) in [7, 11) is 3.34. The molecule has 144 valence electrons. The number of aryl methyl sites for hydroxylation is 1. The highest BCUT2D eigenvalue weighted by molar-refractivity contribution is 5.75. The summed E-state index contributed by atoms with van der Waals surface area (Å²) < 4.78 is 10.5. The van der Waals surface area contributed by atoms with Crippen molar-refractivity contribution in [2.45, 2.75) is 38.8 Å². The number of hydrogen-bond acceptors (Lipinski definition) is 3. The van der Waals surface area contributed by atoms with Gasteiger partial charge < -0.3 is 19.7 Å². The molecule has 0 aliphatic carbocycles. The molecule has 5 heteroatoms. The van der Waals surface area contributed by atoms with E-state index in [0.29, 0.717) is 6.54 Å². The molecule has 0 radical (unpaired) electrons. The third kappa shape index (κ3) is 4.54. The Morgan fingerprint density at radius 3 is 2.44 bits per heavy atom. The highest BCUT2D eigenvalue weighted by Gasteiger charge is 2.22. The molecule has 1 aliphatic rings. The van der Waals surface area contributed by atoms with E-state index in [1.54, 1.807) is 14.2 Å². The summed E-state index contributed by atoms with van der Waals surface area (Å²) in [6.45, 7) is 3.46. The molecule has 1 unspecified atom stereocenters. The standard InChI is InChI=1S/C22H28N2O3/c1-4-21(16-7-10-19(26-2)11-8-16)23-22(25)24-13-5-6-17-14-20(27-3)12-9-18(17)15-24/h7-12,14,21H,4-6,13,15H2,1-3H3,(H,23,25). The summed E-state index contributed by atoms with van der Waals surface area (Å²) in [5.74, 6) is 1.69. The molecular weight excluding hydrogens is 340 g/mol. The van der Waals surface area contributed by atoms with Crippen LogP contribution in [0.1, 0.15) is 42.5 Å². The van der Waals surface area contributed by atoms with Crippen molar-refractivity contribution < 1.29 is 14.3 Å². The average molecular weight is 368 g/mol. The fourth-order valence-electron chi connectivity index (χ4n) is 3.53. The second kappa shape index (κ2) is 8.80. The number of ether oxygens (including phenoxy) is 2. The van der Waals surface area contributed by atoms with Gasteiger partial charge in [0, 0.05) is 13.1 Å². The number of carbonyl (C=O) groups excluding carboxylic acids is 1. The Kier molecular flexibility index (Phi) is 6.22. The lowest BCUT2D eigenvalue weighted by molar-refractivity contribution is 0.191. The molecule has 3 rings (SSSR count). The van der Waals surface area contributed by atoms with Crippen molar-refractivity contribution in [1.29, 1.82) is 0 Å². The maximum absolute atomic E-state index is 12.9. The van der Waals surface area contributed by atoms with E-state index in [0.717, 1.165) is 42.9 Å². The highest BCUT2D eigenvalue weighted by Crippen LogP contribution is 2.25. The predicted octanol–water partition coefficient (Wildman–Crippen LogP) is 4.31. The van der Waals surface area contributed by atoms with Crippen LogP contribution in [0.4, 0.5) is 4.79 Å². The van der Waals surface area contributed by atoms with E-state index in [1.807, 2.05) is 35.2 Å². The molecule has 0 spiro atoms. The lowest BCUT2D eigenvalue weighted by atomic mass is 10.0. The SMILES string of the molecule is CCC(NC(=O)N1CCCc2cc(OC)ccc2C1)c1ccc(OC)cc1. The van der Waals surface area contributed by atoms with Gasteiger partial charge in [0.05, 0.1) is 20.3 Å². The van der Waals surface area contributed by atoms with Gasteiger partial charge >= 0.3 is 6.03 Å². The molecule has 0 saturated carbocycles. The van der Waals surface area contributed by atoms with E-state index >= 15 is 0 Å². The Bertz CT molecular complexity index is 774. The van der Waals surface area contributed by atoms with Crippen molar-refractivity contribution in [3.05, 3.63) is 59.2 Å². The van der Waals surface area contributed by atoms with Crippen LogP contribution in [0, 0.1) is 0 Å². The first kappa shape index (κ1) is 19.1. The zero-order valence-corrected chi connectivity index (χ0v) is 16.3. The molecule has 2 aromatic rings. The van der Waals surface area contributed by atoms with Crippen molar-refractivity contribution in [1.82, 2.24) is 10.2 Å². The van der Waals surface area contributed by atoms with E-state index < -0.39 is 0 Å². The van der Waals surface area contributed by atoms with Gasteiger partial charge in [0.1, 0.15) is 11.5 Å². The van der Waals surface area contributed by atoms with Crippen LogP contribution in [0.2, 0.25) is 0 Å². The van der Waals surface area contributed by atoms with Gasteiger partial charge in [-0.25, -0.2) is 4.79 Å². The smallest absolute Gasteiger partial charge is 0.318 e. The predicted molar refractivity (Wildman–Crippen MR) is 106 cm³/mol. The number of carbonyl (C=O) groups is 1. The van der Waals surface area contributed by atoms with Crippen molar-refractivity contribution >= 4 is 6.03 Å². The molecular formula is C22H28N2O3. The summed E-state index contributed by atoms with van der Waals surface area (Å²) in [6, 6.07) is 14.0. The number of nitrogens with one attached hydrogen (secondary N) is 1. The molecule has 2 amide bonds. The number of benzene rings is 2. The third-order valence-corrected chi connectivity index (χ3v) is 5.16. The van der Waals surface area contributed by atoms with E-state index in [-0.39, 0.29) is 12.1 Å². The Morgan fingerprint density at radius 2 is 1.78 bits per heavy atom. The first-order valence-electron chi connectivity index (χ1n) is 9.49. The second-order valence-electron chi connectivity index (χ2n) is 6.84. The molecule has 0 saturated heterocycles. The second-order valence-corrected chi connectivity index (χ2v) is 6.84. The molecule has 1 atom stereocenters. The fraction of sp³-hybridized carbons (Fsp3) is 0.409. The van der Waals surface area contributed by atoms with Gasteiger partial charge in [-0.05, 0) is 60.2 Å². The lowest BCUT2D eigenvalue weighted by Crippen LogP contribution is -2.41. The van der Waals surface area contributed by atoms with Crippen LogP contribution in [-0.2, 0) is 13.0 Å². The van der Waals surface area contributed by atoms with Gasteiger partial charge in [-0.2, -0.15) is 0 Å². The van der Waals surface area contributed by atoms with Crippen molar-refractivity contribution in [2.75, 3.05) is 20.8 Å². The number of methoxy groups -OCH3 is 2. The van der Waals surface area contributed by atoms with Crippen LogP contribution < -0.4 is 14.8 Å². The van der Waals surface area contributed by atoms with Crippen LogP contribution in [-0.4, -0.2) is 31.7 Å². The first-order valence-corrected chi connectivity index (χ1v) is 9.49. The maximum atomic E-state index is 12.9. The molecule has 0 fully saturated rings. The van der Waals surface area contributed by atoms with E-state index in [4.69, 9.17) is 9.47 Å². The zero-order chi connectivity index (χ0) is 19.2. The third-order valence-electron chi connectivity index (χ3n) is 5.16. The number of fused-ring (bicyclic) bond motifs is 1. The summed E-state index contributed by atoms with van der Waals surface area (Å²) in [5.41, 5.74) is 3.56. The van der Waals surface area contributed by atoms with Crippen molar-refractivity contribution in [3.8, 4) is 11.5 Å². The van der Waals surface area contributed by atoms with Crippen LogP contribution in [0.25, 0.3) is 0 Å². The number of rotatable bonds is 5. The van der Waals surface area contributed by atoms with E-state index in [1.165, 1.54) is 11.1 Å². The largest absolute Gasteiger partial charge is 0.497 e. The molecule has 1 aliphatic heterocycles. The molecule has 0 aromatic heterocycles. The minimum atomic E-state index is -0.0127. The zero-order valence-electron chi connectivity index (χ0n) is 16.3. The Balaban J connectivity index is 1.70. The fourth-order valence-corrected chi connectivity index (χ4v) is 3.53. The number of amides is 2. The van der Waals surface area contributed by atoms with E-state index in [2.05, 4.69) is 24.4 Å². The minimum absolute atomic E-state index is 0.0120. The topological polar surface area (TPSA) is 50.8 Å². The van der Waals surface area contributed by atoms with Gasteiger partial charge in [0.15, 0.2) is 0 Å². The van der Waals surface area contributed by atoms with Gasteiger partial charge in [-0.1, -0.05) is 25.1 Å².